The fraction of sp³-hybridized carbons (Fsp3) is 0.280. The van der Waals surface area contributed by atoms with Crippen LogP contribution in [0.5, 0.6) is 0 Å². The van der Waals surface area contributed by atoms with Crippen LogP contribution >= 0.6 is 0 Å². The maximum absolute atomic E-state index is 6.50. The van der Waals surface area contributed by atoms with E-state index in [2.05, 4.69) is 85.1 Å². The average molecular weight is 370 g/mol. The van der Waals surface area contributed by atoms with E-state index < -0.39 is 0 Å². The van der Waals surface area contributed by atoms with Crippen LogP contribution in [-0.2, 0) is 6.42 Å². The summed E-state index contributed by atoms with van der Waals surface area (Å²) in [5.41, 5.74) is 5.27. The molecule has 0 spiro atoms. The van der Waals surface area contributed by atoms with Crippen LogP contribution in [0, 0.1) is 18.8 Å². The van der Waals surface area contributed by atoms with Crippen molar-refractivity contribution >= 4 is 0 Å². The number of hydrogen-bond acceptors (Lipinski definition) is 3. The summed E-state index contributed by atoms with van der Waals surface area (Å²) in [4.78, 5) is 7.38. The maximum atomic E-state index is 6.50. The standard InChI is InChI=1S/C24H26N2.CHN/c1-19-9-7-10-20(17-19)18-22-13-8-16-26(22)24(21-11-3-2-4-12-21)23-14-5-6-15-25-23;1-2/h2-7,9-12,14-15,17,22,24H,8,13,16,18H2,1H3;1H/t22-,24?;/m0./s1. The molecule has 1 saturated heterocycles. The molecule has 1 aliphatic rings. The summed E-state index contributed by atoms with van der Waals surface area (Å²) in [5, 5.41) is 6.50. The summed E-state index contributed by atoms with van der Waals surface area (Å²) in [5.74, 6) is 0. The van der Waals surface area contributed by atoms with Crippen LogP contribution in [0.3, 0.4) is 0 Å². The Hall–Kier alpha value is -2.96. The largest absolute Gasteiger partial charge is 0.288 e. The Morgan fingerprint density at radius 2 is 1.82 bits per heavy atom. The molecule has 28 heavy (non-hydrogen) atoms. The van der Waals surface area contributed by atoms with Crippen molar-refractivity contribution < 1.29 is 0 Å². The lowest BCUT2D eigenvalue weighted by molar-refractivity contribution is 0.202. The Balaban J connectivity index is 0.00000109. The van der Waals surface area contributed by atoms with E-state index in [1.165, 1.54) is 29.5 Å². The normalized spacial score (nSPS) is 17.5. The van der Waals surface area contributed by atoms with Crippen LogP contribution in [0.1, 0.15) is 41.3 Å². The fourth-order valence-electron chi connectivity index (χ4n) is 4.23. The molecule has 1 aliphatic heterocycles. The molecule has 0 saturated carbocycles. The van der Waals surface area contributed by atoms with E-state index in [9.17, 15) is 0 Å². The lowest BCUT2D eigenvalue weighted by Crippen LogP contribution is -2.36. The zero-order chi connectivity index (χ0) is 19.8. The molecule has 0 aliphatic carbocycles. The number of aryl methyl sites for hydroxylation is 1. The first-order chi connectivity index (χ1) is 13.8. The van der Waals surface area contributed by atoms with Gasteiger partial charge in [-0.25, -0.2) is 5.26 Å². The molecule has 2 aromatic carbocycles. The molecule has 0 radical (unpaired) electrons. The molecule has 142 valence electrons. The van der Waals surface area contributed by atoms with Gasteiger partial charge in [0, 0.05) is 18.8 Å². The number of benzene rings is 2. The Kier molecular flexibility index (Phi) is 6.94. The highest BCUT2D eigenvalue weighted by atomic mass is 15.2. The van der Waals surface area contributed by atoms with Crippen molar-refractivity contribution in [1.82, 2.24) is 9.88 Å². The van der Waals surface area contributed by atoms with Crippen molar-refractivity contribution in [2.45, 2.75) is 38.3 Å². The molecular formula is C25H27N3. The first-order valence-electron chi connectivity index (χ1n) is 9.84. The zero-order valence-electron chi connectivity index (χ0n) is 16.4. The van der Waals surface area contributed by atoms with Gasteiger partial charge in [-0.2, -0.15) is 0 Å². The number of likely N-dealkylation sites (tertiary alicyclic amines) is 1. The van der Waals surface area contributed by atoms with Gasteiger partial charge < -0.3 is 0 Å². The van der Waals surface area contributed by atoms with E-state index in [1.807, 2.05) is 12.3 Å². The zero-order valence-corrected chi connectivity index (χ0v) is 16.4. The molecule has 2 heterocycles. The van der Waals surface area contributed by atoms with Crippen molar-refractivity contribution in [3.8, 4) is 6.57 Å². The van der Waals surface area contributed by atoms with Gasteiger partial charge in [-0.3, -0.25) is 9.88 Å². The molecule has 4 rings (SSSR count). The van der Waals surface area contributed by atoms with Crippen LogP contribution < -0.4 is 0 Å². The summed E-state index contributed by atoms with van der Waals surface area (Å²) in [6, 6.07) is 26.8. The van der Waals surface area contributed by atoms with Crippen LogP contribution in [0.25, 0.3) is 0 Å². The molecular weight excluding hydrogens is 342 g/mol. The summed E-state index contributed by atoms with van der Waals surface area (Å²) in [7, 11) is 0. The Morgan fingerprint density at radius 3 is 2.54 bits per heavy atom. The summed E-state index contributed by atoms with van der Waals surface area (Å²) in [6.07, 6.45) is 5.53. The monoisotopic (exact) mass is 369 g/mol. The van der Waals surface area contributed by atoms with Crippen molar-refractivity contribution in [2.24, 2.45) is 0 Å². The van der Waals surface area contributed by atoms with Gasteiger partial charge >= 0.3 is 0 Å². The molecule has 0 amide bonds. The molecule has 3 nitrogen and oxygen atoms in total. The van der Waals surface area contributed by atoms with Gasteiger partial charge in [-0.15, -0.1) is 0 Å². The van der Waals surface area contributed by atoms with Crippen LogP contribution in [0.4, 0.5) is 0 Å². The van der Waals surface area contributed by atoms with Crippen molar-refractivity contribution in [3.63, 3.8) is 0 Å². The van der Waals surface area contributed by atoms with E-state index >= 15 is 0 Å². The Bertz CT molecular complexity index is 834. The predicted molar refractivity (Wildman–Crippen MR) is 114 cm³/mol. The number of pyridine rings is 1. The van der Waals surface area contributed by atoms with Crippen LogP contribution in [0.15, 0.2) is 79.0 Å². The van der Waals surface area contributed by atoms with E-state index in [0.717, 1.165) is 18.7 Å². The molecule has 1 unspecified atom stereocenters. The first-order valence-corrected chi connectivity index (χ1v) is 9.84. The second-order valence-corrected chi connectivity index (χ2v) is 7.29. The highest BCUT2D eigenvalue weighted by Crippen LogP contribution is 2.35. The quantitative estimate of drug-likeness (QED) is 0.610. The molecule has 1 fully saturated rings. The minimum absolute atomic E-state index is 0.231. The SMILES string of the molecule is C#N.Cc1cccc(C[C@@H]2CCCN2C(c2ccccc2)c2ccccn2)c1. The van der Waals surface area contributed by atoms with Crippen LogP contribution in [-0.4, -0.2) is 22.5 Å². The smallest absolute Gasteiger partial charge is 0.0778 e. The number of rotatable bonds is 5. The average Bonchev–Trinajstić information content (AvgIpc) is 3.19. The lowest BCUT2D eigenvalue weighted by atomic mass is 9.97. The fourth-order valence-corrected chi connectivity index (χ4v) is 4.23. The number of hydrogen-bond donors (Lipinski definition) is 0. The van der Waals surface area contributed by atoms with Gasteiger partial charge in [0.25, 0.3) is 0 Å². The van der Waals surface area contributed by atoms with Gasteiger partial charge in [0.2, 0.25) is 0 Å². The summed E-state index contributed by atoms with van der Waals surface area (Å²) >= 11 is 0. The second-order valence-electron chi connectivity index (χ2n) is 7.29. The minimum atomic E-state index is 0.231. The highest BCUT2D eigenvalue weighted by Gasteiger charge is 2.33. The van der Waals surface area contributed by atoms with E-state index in [0.29, 0.717) is 6.04 Å². The van der Waals surface area contributed by atoms with Gasteiger partial charge in [-0.1, -0.05) is 66.2 Å². The third-order valence-corrected chi connectivity index (χ3v) is 5.39. The van der Waals surface area contributed by atoms with E-state index in [1.54, 1.807) is 0 Å². The molecule has 0 bridgehead atoms. The van der Waals surface area contributed by atoms with Crippen molar-refractivity contribution in [1.29, 1.82) is 5.26 Å². The second kappa shape index (κ2) is 9.82. The first kappa shape index (κ1) is 19.8. The number of nitriles is 1. The highest BCUT2D eigenvalue weighted by molar-refractivity contribution is 5.29. The van der Waals surface area contributed by atoms with E-state index in [-0.39, 0.29) is 6.04 Å². The lowest BCUT2D eigenvalue weighted by Gasteiger charge is -2.33. The van der Waals surface area contributed by atoms with Gasteiger partial charge in [0.1, 0.15) is 0 Å². The molecule has 3 aromatic rings. The third-order valence-electron chi connectivity index (χ3n) is 5.39. The number of aromatic nitrogens is 1. The molecule has 2 atom stereocenters. The van der Waals surface area contributed by atoms with E-state index in [4.69, 9.17) is 10.2 Å². The molecule has 0 N–H and O–H groups in total. The Labute approximate surface area is 168 Å². The maximum Gasteiger partial charge on any atom is 0.0778 e. The predicted octanol–water partition coefficient (Wildman–Crippen LogP) is 5.33. The minimum Gasteiger partial charge on any atom is -0.288 e. The van der Waals surface area contributed by atoms with Gasteiger partial charge in [0.15, 0.2) is 0 Å². The van der Waals surface area contributed by atoms with Crippen molar-refractivity contribution in [2.75, 3.05) is 6.54 Å². The molecule has 3 heteroatoms. The summed E-state index contributed by atoms with van der Waals surface area (Å²) in [6.45, 7) is 6.81. The Morgan fingerprint density at radius 1 is 1.04 bits per heavy atom. The summed E-state index contributed by atoms with van der Waals surface area (Å²) < 4.78 is 0. The topological polar surface area (TPSA) is 39.9 Å². The van der Waals surface area contributed by atoms with Gasteiger partial charge in [-0.05, 0) is 56.0 Å². The van der Waals surface area contributed by atoms with Gasteiger partial charge in [0.05, 0.1) is 11.7 Å². The third kappa shape index (κ3) is 4.65. The van der Waals surface area contributed by atoms with Crippen molar-refractivity contribution in [3.05, 3.63) is 101 Å². The number of nitrogens with zero attached hydrogens (tertiary/aromatic N) is 3. The molecule has 1 aromatic heterocycles. The van der Waals surface area contributed by atoms with Crippen LogP contribution in [0.2, 0.25) is 0 Å².